The van der Waals surface area contributed by atoms with Crippen LogP contribution < -0.4 is 54.4 Å². The Balaban J connectivity index is 1.78. The number of carbonyl (C=O) groups excluding carboxylic acids is 7. The van der Waals surface area contributed by atoms with E-state index in [9.17, 15) is 58.5 Å². The summed E-state index contributed by atoms with van der Waals surface area (Å²) < 4.78 is 0. The normalized spacial score (nSPS) is 14.2. The average molecular weight is 980 g/mol. The van der Waals surface area contributed by atoms with Gasteiger partial charge in [0.05, 0.1) is 25.6 Å². The molecule has 17 N–H and O–H groups in total. The van der Waals surface area contributed by atoms with E-state index < -0.39 is 115 Å². The molecule has 0 saturated heterocycles. The van der Waals surface area contributed by atoms with Gasteiger partial charge in [0.2, 0.25) is 41.4 Å². The summed E-state index contributed by atoms with van der Waals surface area (Å²) in [6, 6.07) is 6.19. The van der Waals surface area contributed by atoms with Gasteiger partial charge in [-0.25, -0.2) is 4.79 Å². The third-order valence-corrected chi connectivity index (χ3v) is 11.1. The van der Waals surface area contributed by atoms with E-state index in [2.05, 4.69) is 42.2 Å². The van der Waals surface area contributed by atoms with Crippen molar-refractivity contribution in [2.75, 3.05) is 26.2 Å². The molecule has 7 unspecified atom stereocenters. The van der Waals surface area contributed by atoms with Crippen molar-refractivity contribution in [1.29, 1.82) is 0 Å². The van der Waals surface area contributed by atoms with Gasteiger partial charge in [0, 0.05) is 29.9 Å². The highest BCUT2D eigenvalue weighted by Gasteiger charge is 2.33. The molecule has 3 rings (SSSR count). The molecule has 0 saturated carbocycles. The zero-order valence-corrected chi connectivity index (χ0v) is 39.5. The Bertz CT molecular complexity index is 2220. The molecule has 0 aliphatic carbocycles. The number of aromatic amines is 1. The fourth-order valence-corrected chi connectivity index (χ4v) is 7.36. The summed E-state index contributed by atoms with van der Waals surface area (Å²) in [5, 5.41) is 47.5. The molecule has 7 atom stereocenters. The van der Waals surface area contributed by atoms with Crippen LogP contribution in [0.4, 0.5) is 0 Å². The number of nitrogens with two attached hydrogens (primary N) is 3. The monoisotopic (exact) mass is 980 g/mol. The van der Waals surface area contributed by atoms with Gasteiger partial charge in [-0.05, 0) is 74.7 Å². The molecule has 384 valence electrons. The van der Waals surface area contributed by atoms with Crippen LogP contribution in [0.15, 0.2) is 60.8 Å². The summed E-state index contributed by atoms with van der Waals surface area (Å²) in [5.41, 5.74) is 19.0. The van der Waals surface area contributed by atoms with Crippen LogP contribution in [0.5, 0.6) is 0 Å². The number of amides is 7. The molecule has 0 bridgehead atoms. The van der Waals surface area contributed by atoms with E-state index in [0.717, 1.165) is 10.9 Å². The molecular weight excluding hydrogens is 911 g/mol. The van der Waals surface area contributed by atoms with E-state index in [1.807, 2.05) is 6.07 Å². The maximum atomic E-state index is 14.2. The van der Waals surface area contributed by atoms with Crippen LogP contribution in [0.1, 0.15) is 76.3 Å². The van der Waals surface area contributed by atoms with Crippen LogP contribution in [-0.4, -0.2) is 142 Å². The molecule has 2 aromatic carbocycles. The van der Waals surface area contributed by atoms with E-state index in [1.165, 1.54) is 0 Å². The summed E-state index contributed by atoms with van der Waals surface area (Å²) in [6.07, 6.45) is 3.01. The second-order valence-corrected chi connectivity index (χ2v) is 17.3. The minimum absolute atomic E-state index is 0.0191. The van der Waals surface area contributed by atoms with Gasteiger partial charge in [-0.3, -0.25) is 38.4 Å². The maximum Gasteiger partial charge on any atom is 0.326 e. The van der Waals surface area contributed by atoms with E-state index in [4.69, 9.17) is 17.2 Å². The standard InChI is InChI=1S/C47H69N11O12/c1-27(2)20-34(56-46(68)37(23-40(61)62)55-41(63)31(50)15-8-10-18-48)43(65)58-38(26-59)42(64)52-25-39(60)53-36(22-29-24-51-32-16-7-6-14-30(29)32)45(67)57-35(21-28-12-4-3-5-13-28)44(66)54-33(47(69)70)17-9-11-19-49/h3-7,12-14,16,24,27,31,33-38,51,59H,8-11,15,17-23,25-26,48-50H2,1-2H3,(H,52,64)(H,53,60)(H,54,66)(H,55,63)(H,56,68)(H,57,67)(H,58,65)(H,61,62)(H,69,70). The minimum atomic E-state index is -1.67. The fraction of sp³-hybridized carbons (Fsp3) is 0.511. The van der Waals surface area contributed by atoms with Gasteiger partial charge >= 0.3 is 11.9 Å². The third-order valence-electron chi connectivity index (χ3n) is 11.1. The van der Waals surface area contributed by atoms with Crippen molar-refractivity contribution in [3.05, 3.63) is 71.9 Å². The fourth-order valence-electron chi connectivity index (χ4n) is 7.36. The van der Waals surface area contributed by atoms with E-state index in [0.29, 0.717) is 49.9 Å². The number of fused-ring (bicyclic) bond motifs is 1. The molecule has 7 amide bonds. The lowest BCUT2D eigenvalue weighted by Crippen LogP contribution is -2.59. The Morgan fingerprint density at radius 3 is 1.76 bits per heavy atom. The number of carboxylic acids is 2. The van der Waals surface area contributed by atoms with E-state index in [1.54, 1.807) is 68.6 Å². The SMILES string of the molecule is CC(C)CC(NC(=O)C(CC(=O)O)NC(=O)C(N)CCCCN)C(=O)NC(CO)C(=O)NCC(=O)NC(Cc1c[nH]c2ccccc12)C(=O)NC(Cc1ccccc1)C(=O)NC(CCCCN)C(=O)O. The van der Waals surface area contributed by atoms with Gasteiger partial charge in [0.15, 0.2) is 0 Å². The number of benzene rings is 2. The molecule has 23 heteroatoms. The number of hydrogen-bond donors (Lipinski definition) is 14. The molecule has 70 heavy (non-hydrogen) atoms. The van der Waals surface area contributed by atoms with Crippen LogP contribution in [-0.2, 0) is 56.0 Å². The Kier molecular flexibility index (Phi) is 24.4. The Labute approximate surface area is 405 Å². The summed E-state index contributed by atoms with van der Waals surface area (Å²) in [4.78, 5) is 121. The van der Waals surface area contributed by atoms with Gasteiger partial charge in [0.25, 0.3) is 0 Å². The predicted octanol–water partition coefficient (Wildman–Crippen LogP) is -1.84. The van der Waals surface area contributed by atoms with Gasteiger partial charge < -0.3 is 74.7 Å². The summed E-state index contributed by atoms with van der Waals surface area (Å²) in [5.74, 6) is -9.21. The number of unbranched alkanes of at least 4 members (excludes halogenated alkanes) is 2. The predicted molar refractivity (Wildman–Crippen MR) is 257 cm³/mol. The highest BCUT2D eigenvalue weighted by Crippen LogP contribution is 2.20. The van der Waals surface area contributed by atoms with Crippen molar-refractivity contribution < 1.29 is 58.5 Å². The van der Waals surface area contributed by atoms with Crippen molar-refractivity contribution in [2.45, 2.75) is 120 Å². The smallest absolute Gasteiger partial charge is 0.326 e. The van der Waals surface area contributed by atoms with E-state index >= 15 is 0 Å². The molecule has 0 aliphatic rings. The van der Waals surface area contributed by atoms with Crippen LogP contribution in [0.2, 0.25) is 0 Å². The number of rotatable bonds is 32. The molecular formula is C47H69N11O12. The molecule has 0 spiro atoms. The average Bonchev–Trinajstić information content (AvgIpc) is 3.73. The molecule has 0 fully saturated rings. The number of nitrogens with one attached hydrogen (secondary N) is 8. The molecule has 1 aromatic heterocycles. The highest BCUT2D eigenvalue weighted by molar-refractivity contribution is 5.98. The molecule has 0 aliphatic heterocycles. The number of H-pyrrole nitrogens is 1. The summed E-state index contributed by atoms with van der Waals surface area (Å²) in [6.45, 7) is 2.42. The first-order valence-corrected chi connectivity index (χ1v) is 23.3. The largest absolute Gasteiger partial charge is 0.481 e. The first-order chi connectivity index (χ1) is 33.4. The van der Waals surface area contributed by atoms with Gasteiger partial charge in [-0.2, -0.15) is 0 Å². The van der Waals surface area contributed by atoms with Gasteiger partial charge in [-0.1, -0.05) is 68.8 Å². The lowest BCUT2D eigenvalue weighted by atomic mass is 10.0. The summed E-state index contributed by atoms with van der Waals surface area (Å²) in [7, 11) is 0. The number of aromatic nitrogens is 1. The highest BCUT2D eigenvalue weighted by atomic mass is 16.4. The van der Waals surface area contributed by atoms with Crippen LogP contribution >= 0.6 is 0 Å². The van der Waals surface area contributed by atoms with Gasteiger partial charge in [-0.15, -0.1) is 0 Å². The molecule has 23 nitrogen and oxygen atoms in total. The van der Waals surface area contributed by atoms with Crippen molar-refractivity contribution in [3.63, 3.8) is 0 Å². The second-order valence-electron chi connectivity index (χ2n) is 17.3. The topological polar surface area (TPSA) is 392 Å². The van der Waals surface area contributed by atoms with Crippen LogP contribution in [0, 0.1) is 5.92 Å². The van der Waals surface area contributed by atoms with Crippen LogP contribution in [0.3, 0.4) is 0 Å². The number of para-hydroxylation sites is 1. The lowest BCUT2D eigenvalue weighted by molar-refractivity contribution is -0.142. The Morgan fingerprint density at radius 1 is 0.600 bits per heavy atom. The van der Waals surface area contributed by atoms with Crippen LogP contribution in [0.25, 0.3) is 10.9 Å². The third kappa shape index (κ3) is 19.6. The maximum absolute atomic E-state index is 14.2. The molecule has 3 aromatic rings. The Hall–Kier alpha value is -6.95. The number of carboxylic acid groups (broad SMARTS) is 2. The minimum Gasteiger partial charge on any atom is -0.481 e. The second kappa shape index (κ2) is 29.8. The zero-order valence-electron chi connectivity index (χ0n) is 39.5. The molecule has 0 radical (unpaired) electrons. The number of hydrogen-bond acceptors (Lipinski definition) is 13. The first-order valence-electron chi connectivity index (χ1n) is 23.3. The summed E-state index contributed by atoms with van der Waals surface area (Å²) >= 11 is 0. The van der Waals surface area contributed by atoms with Crippen molar-refractivity contribution in [1.82, 2.24) is 42.2 Å². The number of aliphatic hydroxyl groups excluding tert-OH is 1. The first kappa shape index (κ1) is 57.4. The van der Waals surface area contributed by atoms with Crippen molar-refractivity contribution in [3.8, 4) is 0 Å². The lowest BCUT2D eigenvalue weighted by Gasteiger charge is -2.26. The van der Waals surface area contributed by atoms with Gasteiger partial charge in [0.1, 0.15) is 36.3 Å². The number of aliphatic hydroxyl groups is 1. The molecule has 1 heterocycles. The number of carbonyl (C=O) groups is 9. The zero-order chi connectivity index (χ0) is 51.8. The van der Waals surface area contributed by atoms with Crippen molar-refractivity contribution >= 4 is 64.2 Å². The van der Waals surface area contributed by atoms with E-state index in [-0.39, 0.29) is 38.0 Å². The van der Waals surface area contributed by atoms with Crippen molar-refractivity contribution in [2.24, 2.45) is 23.1 Å². The number of aliphatic carboxylic acids is 2. The Morgan fingerprint density at radius 2 is 1.14 bits per heavy atom. The quantitative estimate of drug-likeness (QED) is 0.0306.